The quantitative estimate of drug-likeness (QED) is 0.113. The molecule has 2 unspecified atom stereocenters. The summed E-state index contributed by atoms with van der Waals surface area (Å²) in [5.41, 5.74) is -0.0878. The van der Waals surface area contributed by atoms with Gasteiger partial charge in [-0.25, -0.2) is 9.37 Å². The maximum Gasteiger partial charge on any atom is 0.317 e. The van der Waals surface area contributed by atoms with Crippen molar-refractivity contribution in [1.82, 2.24) is 19.5 Å². The van der Waals surface area contributed by atoms with Gasteiger partial charge in [-0.1, -0.05) is 68.4 Å². The summed E-state index contributed by atoms with van der Waals surface area (Å²) >= 11 is 0. The van der Waals surface area contributed by atoms with E-state index in [1.54, 1.807) is 52.3 Å². The van der Waals surface area contributed by atoms with Crippen LogP contribution in [0.2, 0.25) is 0 Å². The van der Waals surface area contributed by atoms with Crippen molar-refractivity contribution in [2.75, 3.05) is 26.1 Å². The number of rotatable bonds is 13. The van der Waals surface area contributed by atoms with Gasteiger partial charge in [0.25, 0.3) is 5.56 Å². The number of hydrogen-bond acceptors (Lipinski definition) is 10. The number of carbonyl (C=O) groups is 1. The highest BCUT2D eigenvalue weighted by atomic mass is 31.1. The molecule has 0 saturated carbocycles. The van der Waals surface area contributed by atoms with Gasteiger partial charge < -0.3 is 23.8 Å². The zero-order valence-electron chi connectivity index (χ0n) is 28.1. The van der Waals surface area contributed by atoms with E-state index in [1.165, 1.54) is 10.9 Å². The zero-order chi connectivity index (χ0) is 36.3. The minimum atomic E-state index is -3.69. The fourth-order valence-electron chi connectivity index (χ4n) is 6.01. The van der Waals surface area contributed by atoms with E-state index in [1.807, 2.05) is 54.6 Å². The maximum atomic E-state index is 16.5. The Morgan fingerprint density at radius 1 is 1.02 bits per heavy atom. The first-order valence-electron chi connectivity index (χ1n) is 16.0. The van der Waals surface area contributed by atoms with Crippen LogP contribution in [0.4, 0.5) is 10.3 Å². The monoisotopic (exact) mass is 721 g/mol. The van der Waals surface area contributed by atoms with Gasteiger partial charge in [0.05, 0.1) is 27.2 Å². The van der Waals surface area contributed by atoms with Crippen molar-refractivity contribution in [3.8, 4) is 11.5 Å². The molecule has 3 heterocycles. The molecule has 6 rings (SSSR count). The molecule has 2 aromatic heterocycles. The van der Waals surface area contributed by atoms with Crippen LogP contribution in [0.1, 0.15) is 36.8 Å². The van der Waals surface area contributed by atoms with Crippen molar-refractivity contribution >= 4 is 31.3 Å². The van der Waals surface area contributed by atoms with Crippen LogP contribution in [0.25, 0.3) is 11.2 Å². The summed E-state index contributed by atoms with van der Waals surface area (Å²) in [6, 6.07) is 23.9. The van der Waals surface area contributed by atoms with E-state index in [0.29, 0.717) is 22.6 Å². The number of methoxy groups -OCH3 is 2. The number of nitrogens with zero attached hydrogens (tertiary/aromatic N) is 3. The Balaban J connectivity index is 1.40. The van der Waals surface area contributed by atoms with Crippen molar-refractivity contribution in [2.24, 2.45) is 5.92 Å². The number of aromatic nitrogens is 4. The van der Waals surface area contributed by atoms with Gasteiger partial charge in [-0.15, -0.1) is 0 Å². The van der Waals surface area contributed by atoms with Crippen LogP contribution in [0.3, 0.4) is 0 Å². The summed E-state index contributed by atoms with van der Waals surface area (Å²) in [7, 11) is -0.564. The fourth-order valence-corrected chi connectivity index (χ4v) is 6.49. The summed E-state index contributed by atoms with van der Waals surface area (Å²) in [6.45, 7) is 2.97. The molecule has 0 radical (unpaired) electrons. The number of imidazole rings is 1. The van der Waals surface area contributed by atoms with Crippen molar-refractivity contribution in [1.29, 1.82) is 0 Å². The van der Waals surface area contributed by atoms with Crippen LogP contribution in [0.5, 0.6) is 11.5 Å². The third-order valence-corrected chi connectivity index (χ3v) is 9.08. The number of H-pyrrole nitrogens is 1. The Morgan fingerprint density at radius 2 is 1.61 bits per heavy atom. The molecule has 0 spiro atoms. The number of ether oxygens (including phenoxy) is 4. The molecule has 51 heavy (non-hydrogen) atoms. The number of alkyl halides is 1. The van der Waals surface area contributed by atoms with Crippen LogP contribution in [0.15, 0.2) is 90.0 Å². The summed E-state index contributed by atoms with van der Waals surface area (Å²) < 4.78 is 58.8. The van der Waals surface area contributed by atoms with Gasteiger partial charge in [0.1, 0.15) is 29.3 Å². The van der Waals surface area contributed by atoms with Gasteiger partial charge in [-0.05, 0) is 41.0 Å². The van der Waals surface area contributed by atoms with Crippen LogP contribution in [-0.2, 0) is 29.0 Å². The van der Waals surface area contributed by atoms with Crippen LogP contribution >= 0.6 is 8.25 Å². The molecular formula is C35H37FN5O9P. The smallest absolute Gasteiger partial charge is 0.317 e. The van der Waals surface area contributed by atoms with Gasteiger partial charge in [0.2, 0.25) is 11.9 Å². The largest absolute Gasteiger partial charge is 0.497 e. The van der Waals surface area contributed by atoms with Gasteiger partial charge >= 0.3 is 8.25 Å². The number of anilines is 1. The SMILES string of the molecule is COc1ccc(C(OCC2O[C@@H](n3cnc4c(=O)[nH]c(NC(=O)C(C)C)nc43)[C@H](O[PH](=O)O)[C@H]2F)(c2ccccc2)c2ccc(OC)cc2)cc1. The lowest BCUT2D eigenvalue weighted by Crippen LogP contribution is -2.38. The predicted molar refractivity (Wildman–Crippen MR) is 185 cm³/mol. The van der Waals surface area contributed by atoms with E-state index in [0.717, 1.165) is 5.56 Å². The van der Waals surface area contributed by atoms with Crippen molar-refractivity contribution < 1.29 is 42.1 Å². The minimum absolute atomic E-state index is 0.0714. The molecule has 268 valence electrons. The molecule has 1 aliphatic heterocycles. The molecule has 1 fully saturated rings. The number of benzene rings is 3. The first kappa shape index (κ1) is 35.9. The Morgan fingerprint density at radius 3 is 2.16 bits per heavy atom. The number of fused-ring (bicyclic) bond motifs is 1. The second-order valence-corrected chi connectivity index (χ2v) is 12.8. The molecule has 1 amide bonds. The lowest BCUT2D eigenvalue weighted by Gasteiger charge is -2.37. The summed E-state index contributed by atoms with van der Waals surface area (Å²) in [5, 5.41) is 2.53. The number of halogens is 1. The Bertz CT molecular complexity index is 2010. The molecule has 1 aliphatic rings. The summed E-state index contributed by atoms with van der Waals surface area (Å²) in [4.78, 5) is 45.9. The van der Waals surface area contributed by atoms with E-state index >= 15 is 4.39 Å². The molecule has 3 N–H and O–H groups in total. The van der Waals surface area contributed by atoms with Crippen molar-refractivity contribution in [2.45, 2.75) is 44.1 Å². The van der Waals surface area contributed by atoms with Gasteiger partial charge in [-0.2, -0.15) is 4.98 Å². The normalized spacial score (nSPS) is 19.7. The lowest BCUT2D eigenvalue weighted by atomic mass is 9.80. The topological polar surface area (TPSA) is 176 Å². The Labute approximate surface area is 292 Å². The van der Waals surface area contributed by atoms with Crippen LogP contribution in [0, 0.1) is 5.92 Å². The zero-order valence-corrected chi connectivity index (χ0v) is 29.1. The van der Waals surface area contributed by atoms with Gasteiger partial charge in [0.15, 0.2) is 23.6 Å². The highest BCUT2D eigenvalue weighted by molar-refractivity contribution is 7.32. The van der Waals surface area contributed by atoms with Crippen LogP contribution < -0.4 is 20.3 Å². The minimum Gasteiger partial charge on any atom is -0.497 e. The molecule has 0 aliphatic carbocycles. The third kappa shape index (κ3) is 7.16. The van der Waals surface area contributed by atoms with E-state index < -0.39 is 55.8 Å². The molecule has 16 heteroatoms. The summed E-state index contributed by atoms with van der Waals surface area (Å²) in [6.07, 6.45) is -5.18. The maximum absolute atomic E-state index is 16.5. The standard InChI is InChI=1S/C35H37FN5O9P/c1-20(2)31(42)39-34-38-30-28(32(43)40-34)37-19-41(30)33-29(50-51(44)45)27(36)26(49-33)18-48-35(21-8-6-5-7-9-21,22-10-14-24(46-3)15-11-22)23-12-16-25(47-4)17-13-23/h5-17,19-20,26-27,29,33,51H,18H2,1-4H3,(H,44,45)(H2,38,39,40,42,43)/t26?,27-,29+,33+/m0/s1. The van der Waals surface area contributed by atoms with Crippen molar-refractivity contribution in [3.63, 3.8) is 0 Å². The Hall–Kier alpha value is -4.92. The molecule has 3 aromatic carbocycles. The number of carbonyl (C=O) groups excluding carboxylic acids is 1. The lowest BCUT2D eigenvalue weighted by molar-refractivity contribution is -0.118. The van der Waals surface area contributed by atoms with Crippen LogP contribution in [-0.4, -0.2) is 69.5 Å². The molecule has 0 bridgehead atoms. The fraction of sp³-hybridized carbons (Fsp3) is 0.314. The predicted octanol–water partition coefficient (Wildman–Crippen LogP) is 4.74. The number of hydrogen-bond donors (Lipinski definition) is 3. The molecular weight excluding hydrogens is 684 g/mol. The second kappa shape index (κ2) is 15.1. The van der Waals surface area contributed by atoms with Gasteiger partial charge in [-0.3, -0.25) is 33.5 Å². The van der Waals surface area contributed by atoms with E-state index in [9.17, 15) is 19.0 Å². The molecule has 5 aromatic rings. The second-order valence-electron chi connectivity index (χ2n) is 12.1. The first-order valence-corrected chi connectivity index (χ1v) is 17.3. The van der Waals surface area contributed by atoms with Crippen molar-refractivity contribution in [3.05, 3.63) is 112 Å². The molecule has 1 saturated heterocycles. The summed E-state index contributed by atoms with van der Waals surface area (Å²) in [5.74, 6) is 0.251. The first-order chi connectivity index (χ1) is 24.5. The average Bonchev–Trinajstić information content (AvgIpc) is 3.69. The molecule has 5 atom stereocenters. The number of aromatic amines is 1. The number of amides is 1. The third-order valence-electron chi connectivity index (χ3n) is 8.61. The molecule has 14 nitrogen and oxygen atoms in total. The van der Waals surface area contributed by atoms with E-state index in [2.05, 4.69) is 20.3 Å². The van der Waals surface area contributed by atoms with Gasteiger partial charge in [0, 0.05) is 5.92 Å². The Kier molecular flexibility index (Phi) is 10.6. The highest BCUT2D eigenvalue weighted by Crippen LogP contribution is 2.44. The average molecular weight is 722 g/mol. The van der Waals surface area contributed by atoms with E-state index in [-0.39, 0.29) is 23.7 Å². The highest BCUT2D eigenvalue weighted by Gasteiger charge is 2.50. The van der Waals surface area contributed by atoms with E-state index in [4.69, 9.17) is 23.5 Å². The number of nitrogens with one attached hydrogen (secondary N) is 2.